The second kappa shape index (κ2) is 9.53. The average Bonchev–Trinajstić information content (AvgIpc) is 2.63. The minimum absolute atomic E-state index is 0.114. The second-order valence-corrected chi connectivity index (χ2v) is 8.94. The van der Waals surface area contributed by atoms with Crippen LogP contribution >= 0.6 is 0 Å². The number of esters is 2. The van der Waals surface area contributed by atoms with Crippen molar-refractivity contribution >= 4 is 17.7 Å². The number of carbonyl (C=O) groups is 3. The van der Waals surface area contributed by atoms with E-state index in [0.29, 0.717) is 5.56 Å². The number of aliphatic hydroxyl groups is 1. The minimum Gasteiger partial charge on any atom is -0.465 e. The molecule has 160 valence electrons. The molecule has 1 aliphatic rings. The highest BCUT2D eigenvalue weighted by atomic mass is 16.5. The maximum atomic E-state index is 13.0. The zero-order chi connectivity index (χ0) is 21.8. The van der Waals surface area contributed by atoms with Crippen molar-refractivity contribution < 1.29 is 29.0 Å². The van der Waals surface area contributed by atoms with Crippen molar-refractivity contribution in [3.8, 4) is 0 Å². The predicted molar refractivity (Wildman–Crippen MR) is 108 cm³/mol. The third-order valence-electron chi connectivity index (χ3n) is 5.08. The quantitative estimate of drug-likeness (QED) is 0.555. The number of carbonyl (C=O) groups excluding carboxylic acids is 3. The molecule has 0 bridgehead atoms. The third-order valence-corrected chi connectivity index (χ3v) is 5.08. The van der Waals surface area contributed by atoms with Crippen LogP contribution in [0.3, 0.4) is 0 Å². The molecule has 0 aliphatic heterocycles. The Morgan fingerprint density at radius 2 is 1.55 bits per heavy atom. The van der Waals surface area contributed by atoms with Crippen molar-refractivity contribution in [3.05, 3.63) is 35.9 Å². The summed E-state index contributed by atoms with van der Waals surface area (Å²) in [4.78, 5) is 38.8. The van der Waals surface area contributed by atoms with Gasteiger partial charge in [-0.05, 0) is 24.3 Å². The normalized spacial score (nSPS) is 27.2. The fourth-order valence-electron chi connectivity index (χ4n) is 3.77. The van der Waals surface area contributed by atoms with Crippen LogP contribution < -0.4 is 0 Å². The first-order valence-corrected chi connectivity index (χ1v) is 10.2. The molecule has 6 nitrogen and oxygen atoms in total. The molecule has 1 fully saturated rings. The summed E-state index contributed by atoms with van der Waals surface area (Å²) >= 11 is 0. The van der Waals surface area contributed by atoms with E-state index in [2.05, 4.69) is 0 Å². The summed E-state index contributed by atoms with van der Waals surface area (Å²) in [5.41, 5.74) is -1.00. The van der Waals surface area contributed by atoms with Gasteiger partial charge in [-0.25, -0.2) is 0 Å². The molecule has 4 atom stereocenters. The lowest BCUT2D eigenvalue weighted by Crippen LogP contribution is -2.55. The van der Waals surface area contributed by atoms with Crippen molar-refractivity contribution in [1.29, 1.82) is 0 Å². The average molecular weight is 405 g/mol. The molecule has 0 heterocycles. The van der Waals surface area contributed by atoms with Gasteiger partial charge in [0.2, 0.25) is 0 Å². The van der Waals surface area contributed by atoms with E-state index in [1.54, 1.807) is 24.3 Å². The fraction of sp³-hybridized carbons (Fsp3) is 0.609. The Labute approximate surface area is 172 Å². The molecule has 2 rings (SSSR count). The van der Waals surface area contributed by atoms with Crippen LogP contribution in [0.5, 0.6) is 0 Å². The number of Topliss-reactive ketones (excluding diaryl/α,β-unsaturated/α-hetero) is 1. The summed E-state index contributed by atoms with van der Waals surface area (Å²) < 4.78 is 10.8. The van der Waals surface area contributed by atoms with E-state index in [1.807, 2.05) is 33.8 Å². The molecular weight excluding hydrogens is 372 g/mol. The summed E-state index contributed by atoms with van der Waals surface area (Å²) in [6, 6.07) is 8.87. The monoisotopic (exact) mass is 404 g/mol. The molecule has 6 heteroatoms. The van der Waals surface area contributed by atoms with Gasteiger partial charge in [0.1, 0.15) is 5.92 Å². The van der Waals surface area contributed by atoms with Crippen molar-refractivity contribution in [1.82, 2.24) is 0 Å². The largest absolute Gasteiger partial charge is 0.465 e. The number of benzene rings is 1. The second-order valence-electron chi connectivity index (χ2n) is 8.94. The summed E-state index contributed by atoms with van der Waals surface area (Å²) in [6.07, 6.45) is -0.306. The molecule has 1 N–H and O–H groups in total. The minimum atomic E-state index is -1.62. The van der Waals surface area contributed by atoms with Gasteiger partial charge in [-0.1, -0.05) is 58.0 Å². The van der Waals surface area contributed by atoms with Crippen LogP contribution in [0.4, 0.5) is 0 Å². The van der Waals surface area contributed by atoms with Gasteiger partial charge in [0.25, 0.3) is 0 Å². The summed E-state index contributed by atoms with van der Waals surface area (Å²) in [7, 11) is 0. The number of hydrogen-bond acceptors (Lipinski definition) is 6. The van der Waals surface area contributed by atoms with Crippen LogP contribution in [-0.4, -0.2) is 41.6 Å². The van der Waals surface area contributed by atoms with E-state index >= 15 is 0 Å². The Morgan fingerprint density at radius 1 is 1.03 bits per heavy atom. The van der Waals surface area contributed by atoms with Gasteiger partial charge in [0, 0.05) is 12.3 Å². The Morgan fingerprint density at radius 3 is 2.07 bits per heavy atom. The van der Waals surface area contributed by atoms with Gasteiger partial charge < -0.3 is 14.6 Å². The van der Waals surface area contributed by atoms with Gasteiger partial charge in [-0.2, -0.15) is 0 Å². The van der Waals surface area contributed by atoms with Crippen LogP contribution in [0.25, 0.3) is 0 Å². The highest BCUT2D eigenvalue weighted by Crippen LogP contribution is 2.46. The van der Waals surface area contributed by atoms with Crippen molar-refractivity contribution in [2.45, 2.75) is 52.6 Å². The van der Waals surface area contributed by atoms with Crippen molar-refractivity contribution in [2.24, 2.45) is 23.7 Å². The molecule has 1 aromatic rings. The number of ketones is 1. The van der Waals surface area contributed by atoms with Crippen LogP contribution in [0.2, 0.25) is 0 Å². The zero-order valence-corrected chi connectivity index (χ0v) is 17.9. The Kier molecular flexibility index (Phi) is 7.58. The third kappa shape index (κ3) is 5.66. The first kappa shape index (κ1) is 23.1. The van der Waals surface area contributed by atoms with E-state index in [4.69, 9.17) is 9.47 Å². The fourth-order valence-corrected chi connectivity index (χ4v) is 3.77. The molecule has 0 aromatic heterocycles. The van der Waals surface area contributed by atoms with E-state index in [-0.39, 0.29) is 31.5 Å². The van der Waals surface area contributed by atoms with Gasteiger partial charge in [0.15, 0.2) is 5.78 Å². The first-order chi connectivity index (χ1) is 13.5. The number of hydrogen-bond donors (Lipinski definition) is 1. The molecule has 0 saturated heterocycles. The zero-order valence-electron chi connectivity index (χ0n) is 17.9. The van der Waals surface area contributed by atoms with Gasteiger partial charge >= 0.3 is 11.9 Å². The molecule has 0 radical (unpaired) electrons. The maximum absolute atomic E-state index is 13.0. The van der Waals surface area contributed by atoms with Crippen molar-refractivity contribution in [2.75, 3.05) is 13.2 Å². The van der Waals surface area contributed by atoms with Crippen LogP contribution in [-0.2, 0) is 23.9 Å². The molecule has 1 aliphatic carbocycles. The van der Waals surface area contributed by atoms with E-state index in [9.17, 15) is 19.5 Å². The molecular formula is C23H32O6. The lowest BCUT2D eigenvalue weighted by Gasteiger charge is -2.43. The maximum Gasteiger partial charge on any atom is 0.317 e. The number of ether oxygens (including phenoxy) is 2. The van der Waals surface area contributed by atoms with E-state index in [1.165, 1.54) is 6.92 Å². The number of rotatable bonds is 7. The molecule has 0 unspecified atom stereocenters. The summed E-state index contributed by atoms with van der Waals surface area (Å²) in [5.74, 6) is -4.52. The molecule has 29 heavy (non-hydrogen) atoms. The molecule has 1 aromatic carbocycles. The standard InChI is InChI=1S/C23H32O6/c1-14(2)12-28-21(25)19-17(24)11-23(5,27)20(22(26)29-13-15(3)4)18(19)16-9-7-6-8-10-16/h6-10,14-15,18-20,27H,11-13H2,1-5H3/t18-,19+,20+,23-/m1/s1. The molecule has 1 saturated carbocycles. The lowest BCUT2D eigenvalue weighted by molar-refractivity contribution is -0.173. The van der Waals surface area contributed by atoms with Gasteiger partial charge in [-0.3, -0.25) is 14.4 Å². The van der Waals surface area contributed by atoms with Crippen molar-refractivity contribution in [3.63, 3.8) is 0 Å². The smallest absolute Gasteiger partial charge is 0.317 e. The van der Waals surface area contributed by atoms with Gasteiger partial charge in [0.05, 0.1) is 24.7 Å². The highest BCUT2D eigenvalue weighted by molar-refractivity contribution is 6.02. The molecule has 0 spiro atoms. The summed E-state index contributed by atoms with van der Waals surface area (Å²) in [5, 5.41) is 11.0. The predicted octanol–water partition coefficient (Wildman–Crippen LogP) is 3.12. The Bertz CT molecular complexity index is 722. The topological polar surface area (TPSA) is 89.9 Å². The Hall–Kier alpha value is -2.21. The SMILES string of the molecule is CC(C)COC(=O)[C@H]1C(=O)C[C@@](C)(O)[C@H](C(=O)OCC(C)C)[C@@H]1c1ccccc1. The lowest BCUT2D eigenvalue weighted by atomic mass is 9.62. The highest BCUT2D eigenvalue weighted by Gasteiger charge is 2.57. The Balaban J connectivity index is 2.47. The van der Waals surface area contributed by atoms with Crippen LogP contribution in [0.15, 0.2) is 30.3 Å². The van der Waals surface area contributed by atoms with Crippen LogP contribution in [0, 0.1) is 23.7 Å². The molecule has 0 amide bonds. The van der Waals surface area contributed by atoms with E-state index < -0.39 is 41.1 Å². The van der Waals surface area contributed by atoms with Gasteiger partial charge in [-0.15, -0.1) is 0 Å². The van der Waals surface area contributed by atoms with E-state index in [0.717, 1.165) is 0 Å². The first-order valence-electron chi connectivity index (χ1n) is 10.2. The van der Waals surface area contributed by atoms with Crippen LogP contribution in [0.1, 0.15) is 52.5 Å². The summed E-state index contributed by atoms with van der Waals surface area (Å²) in [6.45, 7) is 9.47.